The second-order valence-electron chi connectivity index (χ2n) is 8.16. The standard InChI is InChI=1S/C17H27NO2S.C2H2N2O2/c1-13-7-9-14(10-8-13)21(19,20)15-11-16(2,3)18(6)17(4,5)12-15;3-4-1-2(5)6/h7-10,15H,11-12H2,1-6H3;1H,(H,5,6). The maximum Gasteiger partial charge on any atom is 0.411 e. The van der Waals surface area contributed by atoms with E-state index in [4.69, 9.17) is 10.6 Å². The maximum absolute atomic E-state index is 13.0. The van der Waals surface area contributed by atoms with Crippen LogP contribution in [0.5, 0.6) is 0 Å². The van der Waals surface area contributed by atoms with Gasteiger partial charge in [0.05, 0.1) is 10.1 Å². The van der Waals surface area contributed by atoms with Gasteiger partial charge in [-0.1, -0.05) is 17.7 Å². The summed E-state index contributed by atoms with van der Waals surface area (Å²) in [5.74, 6) is -1.25. The summed E-state index contributed by atoms with van der Waals surface area (Å²) in [5, 5.41) is 7.29. The molecule has 1 fully saturated rings. The van der Waals surface area contributed by atoms with Gasteiger partial charge in [-0.2, -0.15) is 4.79 Å². The van der Waals surface area contributed by atoms with E-state index >= 15 is 0 Å². The van der Waals surface area contributed by atoms with Crippen molar-refractivity contribution in [3.8, 4) is 0 Å². The summed E-state index contributed by atoms with van der Waals surface area (Å²) in [6.07, 6.45) is 1.73. The van der Waals surface area contributed by atoms with Gasteiger partial charge < -0.3 is 10.6 Å². The molecule has 7 nitrogen and oxygen atoms in total. The Morgan fingerprint density at radius 2 is 1.63 bits per heavy atom. The molecule has 0 unspecified atom stereocenters. The smallest absolute Gasteiger partial charge is 0.411 e. The van der Waals surface area contributed by atoms with Crippen LogP contribution in [0.15, 0.2) is 29.2 Å². The highest BCUT2D eigenvalue weighted by Crippen LogP contribution is 2.41. The summed E-state index contributed by atoms with van der Waals surface area (Å²) in [7, 11) is -1.18. The van der Waals surface area contributed by atoms with E-state index < -0.39 is 15.8 Å². The van der Waals surface area contributed by atoms with Crippen LogP contribution in [-0.4, -0.2) is 58.8 Å². The topological polar surface area (TPSA) is 111 Å². The Hall–Kier alpha value is -2.02. The lowest BCUT2D eigenvalue weighted by Gasteiger charge is -2.53. The zero-order chi connectivity index (χ0) is 21.0. The fourth-order valence-corrected chi connectivity index (χ4v) is 5.62. The SMILES string of the molecule is Cc1ccc(S(=O)(=O)C2CC(C)(C)N(C)C(C)(C)C2)cc1.[N-]=[N+]=CC(=O)O. The van der Waals surface area contributed by atoms with Gasteiger partial charge in [0.25, 0.3) is 0 Å². The van der Waals surface area contributed by atoms with Crippen LogP contribution in [0.25, 0.3) is 5.53 Å². The molecule has 1 N–H and O–H groups in total. The summed E-state index contributed by atoms with van der Waals surface area (Å²) in [6, 6.07) is 7.22. The molecule has 0 aliphatic carbocycles. The fourth-order valence-electron chi connectivity index (χ4n) is 3.47. The number of hydrogen-bond donors (Lipinski definition) is 1. The van der Waals surface area contributed by atoms with Crippen LogP contribution in [0.2, 0.25) is 0 Å². The number of nitrogens with zero attached hydrogens (tertiary/aromatic N) is 3. The van der Waals surface area contributed by atoms with Crippen LogP contribution in [0, 0.1) is 6.92 Å². The minimum absolute atomic E-state index is 0.121. The van der Waals surface area contributed by atoms with Crippen molar-refractivity contribution in [2.24, 2.45) is 0 Å². The molecular weight excluding hydrogens is 366 g/mol. The Bertz CT molecular complexity index is 805. The lowest BCUT2D eigenvalue weighted by Crippen LogP contribution is -2.60. The number of piperidine rings is 1. The quantitative estimate of drug-likeness (QED) is 0.480. The first-order valence-corrected chi connectivity index (χ1v) is 10.2. The van der Waals surface area contributed by atoms with Crippen molar-refractivity contribution in [1.29, 1.82) is 0 Å². The van der Waals surface area contributed by atoms with Gasteiger partial charge in [0.2, 0.25) is 0 Å². The van der Waals surface area contributed by atoms with Gasteiger partial charge in [-0.3, -0.25) is 4.90 Å². The van der Waals surface area contributed by atoms with Gasteiger partial charge in [0.1, 0.15) is 0 Å². The lowest BCUT2D eigenvalue weighted by molar-refractivity contribution is -0.132. The van der Waals surface area contributed by atoms with Gasteiger partial charge in [0, 0.05) is 11.1 Å². The van der Waals surface area contributed by atoms with E-state index in [0.717, 1.165) is 5.56 Å². The molecule has 0 spiro atoms. The number of carboxylic acids is 1. The number of likely N-dealkylation sites (tertiary alicyclic amines) is 1. The van der Waals surface area contributed by atoms with Crippen molar-refractivity contribution >= 4 is 22.0 Å². The largest absolute Gasteiger partial charge is 0.473 e. The molecule has 8 heteroatoms. The number of sulfone groups is 1. The number of aliphatic carboxylic acids is 1. The second-order valence-corrected chi connectivity index (χ2v) is 10.4. The Labute approximate surface area is 161 Å². The van der Waals surface area contributed by atoms with Crippen molar-refractivity contribution in [2.45, 2.75) is 68.7 Å². The number of hydrogen-bond acceptors (Lipinski definition) is 4. The summed E-state index contributed by atoms with van der Waals surface area (Å²) in [4.78, 5) is 14.3. The third-order valence-electron chi connectivity index (χ3n) is 5.23. The molecule has 1 aromatic rings. The number of carboxylic acid groups (broad SMARTS) is 1. The molecule has 1 aliphatic rings. The Kier molecular flexibility index (Phi) is 7.11. The maximum atomic E-state index is 13.0. The third-order valence-corrected chi connectivity index (χ3v) is 7.37. The number of rotatable bonds is 3. The number of benzene rings is 1. The molecule has 0 bridgehead atoms. The minimum atomic E-state index is -3.27. The van der Waals surface area contributed by atoms with E-state index in [0.29, 0.717) is 24.0 Å². The van der Waals surface area contributed by atoms with E-state index in [1.807, 2.05) is 19.1 Å². The predicted molar refractivity (Wildman–Crippen MR) is 105 cm³/mol. The highest BCUT2D eigenvalue weighted by molar-refractivity contribution is 7.92. The highest BCUT2D eigenvalue weighted by Gasteiger charge is 2.47. The molecule has 0 amide bonds. The predicted octanol–water partition coefficient (Wildman–Crippen LogP) is 2.79. The second kappa shape index (κ2) is 8.33. The van der Waals surface area contributed by atoms with Crippen LogP contribution in [0.1, 0.15) is 46.1 Å². The van der Waals surface area contributed by atoms with Crippen LogP contribution in [0.3, 0.4) is 0 Å². The molecule has 1 aromatic carbocycles. The summed E-state index contributed by atoms with van der Waals surface area (Å²) < 4.78 is 25.9. The van der Waals surface area contributed by atoms with Crippen molar-refractivity contribution in [1.82, 2.24) is 4.90 Å². The third kappa shape index (κ3) is 5.73. The van der Waals surface area contributed by atoms with Gasteiger partial charge in [-0.25, -0.2) is 13.2 Å². The van der Waals surface area contributed by atoms with Gasteiger partial charge >= 0.3 is 12.2 Å². The molecule has 1 aliphatic heterocycles. The molecular formula is C19H29N3O4S. The van der Waals surface area contributed by atoms with Gasteiger partial charge in [-0.15, -0.1) is 0 Å². The first-order valence-electron chi connectivity index (χ1n) is 8.69. The fraction of sp³-hybridized carbons (Fsp3) is 0.579. The molecule has 0 atom stereocenters. The van der Waals surface area contributed by atoms with Crippen molar-refractivity contribution in [2.75, 3.05) is 7.05 Å². The van der Waals surface area contributed by atoms with Crippen LogP contribution < -0.4 is 0 Å². The molecule has 27 heavy (non-hydrogen) atoms. The van der Waals surface area contributed by atoms with Crippen LogP contribution >= 0.6 is 0 Å². The van der Waals surface area contributed by atoms with E-state index in [1.54, 1.807) is 12.1 Å². The number of aryl methyl sites for hydroxylation is 1. The average Bonchev–Trinajstić information content (AvgIpc) is 2.53. The minimum Gasteiger partial charge on any atom is -0.473 e. The van der Waals surface area contributed by atoms with E-state index in [9.17, 15) is 13.2 Å². The summed E-state index contributed by atoms with van der Waals surface area (Å²) in [6.45, 7) is 10.5. The number of carbonyl (C=O) groups is 1. The van der Waals surface area contributed by atoms with Crippen LogP contribution in [-0.2, 0) is 14.6 Å². The zero-order valence-corrected chi connectivity index (χ0v) is 17.6. The van der Waals surface area contributed by atoms with Crippen molar-refractivity contribution in [3.05, 3.63) is 35.4 Å². The van der Waals surface area contributed by atoms with Gasteiger partial charge in [-0.05, 0) is 66.6 Å². The Balaban J connectivity index is 0.000000527. The first-order chi connectivity index (χ1) is 12.2. The molecule has 2 rings (SSSR count). The Morgan fingerprint density at radius 1 is 1.19 bits per heavy atom. The van der Waals surface area contributed by atoms with Gasteiger partial charge in [0.15, 0.2) is 9.84 Å². The monoisotopic (exact) mass is 395 g/mol. The first kappa shape index (κ1) is 23.0. The molecule has 150 valence electrons. The lowest BCUT2D eigenvalue weighted by atomic mass is 9.80. The van der Waals surface area contributed by atoms with Crippen molar-refractivity contribution < 1.29 is 23.1 Å². The normalized spacial score (nSPS) is 19.3. The van der Waals surface area contributed by atoms with Crippen LogP contribution in [0.4, 0.5) is 0 Å². The van der Waals surface area contributed by atoms with E-state index in [1.165, 1.54) is 0 Å². The summed E-state index contributed by atoms with van der Waals surface area (Å²) >= 11 is 0. The van der Waals surface area contributed by atoms with Crippen molar-refractivity contribution in [3.63, 3.8) is 0 Å². The van der Waals surface area contributed by atoms with E-state index in [2.05, 4.69) is 44.4 Å². The molecule has 0 aromatic heterocycles. The molecule has 1 heterocycles. The Morgan fingerprint density at radius 3 is 1.96 bits per heavy atom. The summed E-state index contributed by atoms with van der Waals surface area (Å²) in [5.41, 5.74) is 8.27. The molecule has 0 radical (unpaired) electrons. The zero-order valence-electron chi connectivity index (χ0n) is 16.8. The average molecular weight is 396 g/mol. The molecule has 1 saturated heterocycles. The van der Waals surface area contributed by atoms with E-state index in [-0.39, 0.29) is 16.3 Å². The highest BCUT2D eigenvalue weighted by atomic mass is 32.2. The molecule has 0 saturated carbocycles.